The summed E-state index contributed by atoms with van der Waals surface area (Å²) in [4.78, 5) is 35.6. The van der Waals surface area contributed by atoms with Crippen molar-refractivity contribution in [2.75, 3.05) is 0 Å². The number of hydrogen-bond donors (Lipinski definition) is 3. The van der Waals surface area contributed by atoms with Crippen LogP contribution in [0.25, 0.3) is 0 Å². The molecule has 2 amide bonds. The summed E-state index contributed by atoms with van der Waals surface area (Å²) >= 11 is 1.25. The number of amides is 2. The second kappa shape index (κ2) is 6.71. The van der Waals surface area contributed by atoms with E-state index in [9.17, 15) is 19.5 Å². The molecule has 0 radical (unpaired) electrons. The van der Waals surface area contributed by atoms with Crippen molar-refractivity contribution in [3.8, 4) is 0 Å². The average molecular weight is 312 g/mol. The molecular formula is C14H20N2O4S. The second-order valence-electron chi connectivity index (χ2n) is 5.74. The fraction of sp³-hybridized carbons (Fsp3) is 0.500. The SMILES string of the molecule is CC(NC(=O)C(C)(C)C)C(=O)NC(C(=O)O)c1cccs1. The monoisotopic (exact) mass is 312 g/mol. The Hall–Kier alpha value is -1.89. The first-order chi connectivity index (χ1) is 9.62. The average Bonchev–Trinajstić information content (AvgIpc) is 2.87. The van der Waals surface area contributed by atoms with E-state index in [1.54, 1.807) is 38.3 Å². The Morgan fingerprint density at radius 3 is 2.29 bits per heavy atom. The Labute approximate surface area is 127 Å². The molecule has 0 aliphatic carbocycles. The molecule has 0 aromatic carbocycles. The molecule has 21 heavy (non-hydrogen) atoms. The molecule has 1 aromatic heterocycles. The lowest BCUT2D eigenvalue weighted by Crippen LogP contribution is -2.49. The van der Waals surface area contributed by atoms with Crippen LogP contribution >= 0.6 is 11.3 Å². The maximum atomic E-state index is 12.0. The molecule has 3 N–H and O–H groups in total. The highest BCUT2D eigenvalue weighted by molar-refractivity contribution is 7.10. The summed E-state index contributed by atoms with van der Waals surface area (Å²) in [5, 5.41) is 15.9. The largest absolute Gasteiger partial charge is 0.479 e. The van der Waals surface area contributed by atoms with E-state index in [4.69, 9.17) is 0 Å². The molecule has 1 rings (SSSR count). The van der Waals surface area contributed by atoms with Crippen molar-refractivity contribution in [3.05, 3.63) is 22.4 Å². The van der Waals surface area contributed by atoms with E-state index < -0.39 is 29.4 Å². The van der Waals surface area contributed by atoms with E-state index in [-0.39, 0.29) is 5.91 Å². The molecule has 0 aliphatic rings. The van der Waals surface area contributed by atoms with Crippen LogP contribution in [0.2, 0.25) is 0 Å². The number of aliphatic carboxylic acids is 1. The Balaban J connectivity index is 2.70. The minimum absolute atomic E-state index is 0.270. The van der Waals surface area contributed by atoms with E-state index in [0.717, 1.165) is 0 Å². The van der Waals surface area contributed by atoms with Gasteiger partial charge in [0.05, 0.1) is 0 Å². The van der Waals surface area contributed by atoms with Gasteiger partial charge in [0.25, 0.3) is 0 Å². The van der Waals surface area contributed by atoms with Crippen LogP contribution < -0.4 is 10.6 Å². The van der Waals surface area contributed by atoms with Crippen LogP contribution in [0.4, 0.5) is 0 Å². The Morgan fingerprint density at radius 1 is 1.24 bits per heavy atom. The third-order valence-corrected chi connectivity index (χ3v) is 3.72. The second-order valence-corrected chi connectivity index (χ2v) is 6.72. The molecule has 6 nitrogen and oxygen atoms in total. The molecule has 0 saturated carbocycles. The van der Waals surface area contributed by atoms with Gasteiger partial charge in [0.1, 0.15) is 6.04 Å². The molecule has 7 heteroatoms. The molecule has 1 aromatic rings. The van der Waals surface area contributed by atoms with Crippen LogP contribution in [0.1, 0.15) is 38.6 Å². The van der Waals surface area contributed by atoms with Crippen LogP contribution in [0.15, 0.2) is 17.5 Å². The number of carbonyl (C=O) groups is 3. The molecule has 1 heterocycles. The number of thiophene rings is 1. The summed E-state index contributed by atoms with van der Waals surface area (Å²) in [6, 6.07) is 1.44. The smallest absolute Gasteiger partial charge is 0.331 e. The molecule has 0 bridgehead atoms. The van der Waals surface area contributed by atoms with E-state index in [0.29, 0.717) is 4.88 Å². The van der Waals surface area contributed by atoms with Gasteiger partial charge in [0, 0.05) is 10.3 Å². The number of carbonyl (C=O) groups excluding carboxylic acids is 2. The van der Waals surface area contributed by atoms with Gasteiger partial charge in [0.15, 0.2) is 6.04 Å². The first-order valence-corrected chi connectivity index (χ1v) is 7.38. The molecule has 116 valence electrons. The van der Waals surface area contributed by atoms with Gasteiger partial charge in [-0.3, -0.25) is 9.59 Å². The minimum Gasteiger partial charge on any atom is -0.479 e. The zero-order valence-corrected chi connectivity index (χ0v) is 13.3. The maximum absolute atomic E-state index is 12.0. The van der Waals surface area contributed by atoms with Crippen LogP contribution in [0.5, 0.6) is 0 Å². The van der Waals surface area contributed by atoms with Gasteiger partial charge in [-0.25, -0.2) is 4.79 Å². The lowest BCUT2D eigenvalue weighted by molar-refractivity contribution is -0.142. The minimum atomic E-state index is -1.14. The summed E-state index contributed by atoms with van der Waals surface area (Å²) in [5.74, 6) is -1.94. The van der Waals surface area contributed by atoms with Gasteiger partial charge in [0.2, 0.25) is 11.8 Å². The highest BCUT2D eigenvalue weighted by Crippen LogP contribution is 2.19. The van der Waals surface area contributed by atoms with Crippen molar-refractivity contribution in [3.63, 3.8) is 0 Å². The van der Waals surface area contributed by atoms with Gasteiger partial charge < -0.3 is 15.7 Å². The van der Waals surface area contributed by atoms with Crippen LogP contribution in [-0.2, 0) is 14.4 Å². The number of carboxylic acids is 1. The van der Waals surface area contributed by atoms with E-state index in [2.05, 4.69) is 10.6 Å². The summed E-state index contributed by atoms with van der Waals surface area (Å²) < 4.78 is 0. The first-order valence-electron chi connectivity index (χ1n) is 6.50. The Morgan fingerprint density at radius 2 is 1.86 bits per heavy atom. The standard InChI is InChI=1S/C14H20N2O4S/c1-8(15-13(20)14(2,3)4)11(17)16-10(12(18)19)9-6-5-7-21-9/h5-8,10H,1-4H3,(H,15,20)(H,16,17)(H,18,19). The van der Waals surface area contributed by atoms with Crippen LogP contribution in [0, 0.1) is 5.41 Å². The number of hydrogen-bond acceptors (Lipinski definition) is 4. The topological polar surface area (TPSA) is 95.5 Å². The van der Waals surface area contributed by atoms with E-state index in [1.807, 2.05) is 0 Å². The van der Waals surface area contributed by atoms with Gasteiger partial charge >= 0.3 is 5.97 Å². The normalized spacial score (nSPS) is 14.1. The zero-order valence-electron chi connectivity index (χ0n) is 12.5. The van der Waals surface area contributed by atoms with E-state index >= 15 is 0 Å². The van der Waals surface area contributed by atoms with Gasteiger partial charge in [-0.15, -0.1) is 11.3 Å². The third-order valence-electron chi connectivity index (χ3n) is 2.78. The predicted octanol–water partition coefficient (Wildman–Crippen LogP) is 1.54. The number of nitrogens with one attached hydrogen (secondary N) is 2. The van der Waals surface area contributed by atoms with Crippen molar-refractivity contribution < 1.29 is 19.5 Å². The number of rotatable bonds is 5. The summed E-state index contributed by atoms with van der Waals surface area (Å²) in [6.07, 6.45) is 0. The van der Waals surface area contributed by atoms with Crippen molar-refractivity contribution in [1.29, 1.82) is 0 Å². The van der Waals surface area contributed by atoms with Crippen LogP contribution in [0.3, 0.4) is 0 Å². The Kier molecular flexibility index (Phi) is 5.48. The molecule has 2 atom stereocenters. The highest BCUT2D eigenvalue weighted by Gasteiger charge is 2.28. The lowest BCUT2D eigenvalue weighted by Gasteiger charge is -2.22. The fourth-order valence-electron chi connectivity index (χ4n) is 1.46. The molecule has 2 unspecified atom stereocenters. The van der Waals surface area contributed by atoms with Crippen molar-refractivity contribution in [2.45, 2.75) is 39.8 Å². The van der Waals surface area contributed by atoms with Gasteiger partial charge in [-0.1, -0.05) is 26.8 Å². The highest BCUT2D eigenvalue weighted by atomic mass is 32.1. The summed E-state index contributed by atoms with van der Waals surface area (Å²) in [5.41, 5.74) is -0.617. The van der Waals surface area contributed by atoms with Gasteiger partial charge in [-0.05, 0) is 18.4 Å². The van der Waals surface area contributed by atoms with Gasteiger partial charge in [-0.2, -0.15) is 0 Å². The fourth-order valence-corrected chi connectivity index (χ4v) is 2.22. The molecular weight excluding hydrogens is 292 g/mol. The van der Waals surface area contributed by atoms with Crippen molar-refractivity contribution in [2.24, 2.45) is 5.41 Å². The molecule has 0 fully saturated rings. The number of carboxylic acid groups (broad SMARTS) is 1. The zero-order chi connectivity index (χ0) is 16.2. The van der Waals surface area contributed by atoms with Crippen molar-refractivity contribution in [1.82, 2.24) is 10.6 Å². The molecule has 0 aliphatic heterocycles. The summed E-state index contributed by atoms with van der Waals surface area (Å²) in [6.45, 7) is 6.72. The van der Waals surface area contributed by atoms with E-state index in [1.165, 1.54) is 18.3 Å². The Bertz CT molecular complexity index is 520. The predicted molar refractivity (Wildman–Crippen MR) is 79.9 cm³/mol. The molecule has 0 saturated heterocycles. The quantitative estimate of drug-likeness (QED) is 0.768. The molecule has 0 spiro atoms. The lowest BCUT2D eigenvalue weighted by atomic mass is 9.95. The first kappa shape index (κ1) is 17.2. The summed E-state index contributed by atoms with van der Waals surface area (Å²) in [7, 11) is 0. The third kappa shape index (κ3) is 4.86. The maximum Gasteiger partial charge on any atom is 0.331 e. The van der Waals surface area contributed by atoms with Crippen molar-refractivity contribution >= 4 is 29.1 Å². The van der Waals surface area contributed by atoms with Crippen LogP contribution in [-0.4, -0.2) is 28.9 Å².